The molecule has 2 rings (SSSR count). The van der Waals surface area contributed by atoms with Gasteiger partial charge in [0.15, 0.2) is 5.75 Å². The van der Waals surface area contributed by atoms with Crippen LogP contribution in [0.2, 0.25) is 0 Å². The minimum Gasteiger partial charge on any atom is -0.691 e. The number of Topliss-reactive ketones (excluding diaryl/α,β-unsaturated/α-hetero) is 1. The van der Waals surface area contributed by atoms with Gasteiger partial charge in [0.25, 0.3) is 0 Å². The van der Waals surface area contributed by atoms with Crippen LogP contribution in [0.1, 0.15) is 21.5 Å². The van der Waals surface area contributed by atoms with Crippen LogP contribution in [0.5, 0.6) is 0 Å². The Hall–Kier alpha value is -1.81. The van der Waals surface area contributed by atoms with Crippen LogP contribution < -0.4 is 5.26 Å². The van der Waals surface area contributed by atoms with Crippen molar-refractivity contribution in [2.75, 3.05) is 30.5 Å². The van der Waals surface area contributed by atoms with E-state index in [1.54, 1.807) is 12.1 Å². The van der Waals surface area contributed by atoms with Crippen LogP contribution in [0.15, 0.2) is 53.4 Å². The Kier molecular flexibility index (Phi) is 12.9. The standard InChI is InChI=1S/C12H17O3S.C8H4F6O3S/c13-6-8-16(9-7-14)10-12(15)11-4-2-1-3-5-11;9-7(10,11)4-1-5(8(12,13)14)3-6(2-4)18-17-16-15/h1-5,13-14H,6-10H2;1-3,15H/q+1;/p-1. The molecule has 0 fully saturated rings. The van der Waals surface area contributed by atoms with E-state index < -0.39 is 28.4 Å². The summed E-state index contributed by atoms with van der Waals surface area (Å²) >= 11 is -0.0537. The van der Waals surface area contributed by atoms with Gasteiger partial charge in [-0.15, -0.1) is 0 Å². The van der Waals surface area contributed by atoms with Gasteiger partial charge in [0.05, 0.1) is 36.4 Å². The van der Waals surface area contributed by atoms with Crippen molar-refractivity contribution in [3.8, 4) is 0 Å². The van der Waals surface area contributed by atoms with Gasteiger partial charge in [-0.2, -0.15) is 30.7 Å². The van der Waals surface area contributed by atoms with Crippen LogP contribution in [0.3, 0.4) is 0 Å². The Morgan fingerprint density at radius 1 is 0.912 bits per heavy atom. The fraction of sp³-hybridized carbons (Fsp3) is 0.350. The predicted octanol–water partition coefficient (Wildman–Crippen LogP) is 3.43. The van der Waals surface area contributed by atoms with Crippen LogP contribution in [0.4, 0.5) is 26.3 Å². The minimum atomic E-state index is -4.95. The van der Waals surface area contributed by atoms with E-state index in [4.69, 9.17) is 10.2 Å². The van der Waals surface area contributed by atoms with Crippen molar-refractivity contribution < 1.29 is 56.0 Å². The number of alkyl halides is 6. The number of rotatable bonds is 10. The number of aliphatic hydroxyl groups is 2. The maximum absolute atomic E-state index is 12.3. The summed E-state index contributed by atoms with van der Waals surface area (Å²) in [6.45, 7) is 0.149. The van der Waals surface area contributed by atoms with Crippen molar-refractivity contribution in [2.45, 2.75) is 17.2 Å². The number of benzene rings is 2. The molecule has 0 radical (unpaired) electrons. The molecular weight excluding hydrogens is 514 g/mol. The molecule has 0 atom stereocenters. The topological polar surface area (TPSA) is 99.1 Å². The van der Waals surface area contributed by atoms with Crippen LogP contribution in [0.25, 0.3) is 0 Å². The van der Waals surface area contributed by atoms with Gasteiger partial charge in [-0.3, -0.25) is 9.83 Å². The summed E-state index contributed by atoms with van der Waals surface area (Å²) in [5, 5.41) is 30.0. The van der Waals surface area contributed by atoms with Crippen molar-refractivity contribution >= 4 is 28.7 Å². The summed E-state index contributed by atoms with van der Waals surface area (Å²) in [5.41, 5.74) is -2.31. The second kappa shape index (κ2) is 14.6. The Morgan fingerprint density at radius 2 is 1.41 bits per heavy atom. The third-order valence-corrected chi connectivity index (χ3v) is 6.65. The van der Waals surface area contributed by atoms with Crippen molar-refractivity contribution in [3.05, 3.63) is 65.2 Å². The van der Waals surface area contributed by atoms with Crippen molar-refractivity contribution in [3.63, 3.8) is 0 Å². The molecule has 190 valence electrons. The van der Waals surface area contributed by atoms with Crippen LogP contribution in [0, 0.1) is 0 Å². The highest BCUT2D eigenvalue weighted by Crippen LogP contribution is 2.38. The third-order valence-electron chi connectivity index (χ3n) is 3.91. The normalized spacial score (nSPS) is 11.8. The van der Waals surface area contributed by atoms with E-state index in [2.05, 4.69) is 9.37 Å². The van der Waals surface area contributed by atoms with E-state index >= 15 is 0 Å². The van der Waals surface area contributed by atoms with E-state index in [-0.39, 0.29) is 48.0 Å². The van der Waals surface area contributed by atoms with E-state index in [9.17, 15) is 36.4 Å². The zero-order valence-corrected chi connectivity index (χ0v) is 18.9. The number of hydrogen-bond acceptors (Lipinski definition) is 7. The fourth-order valence-corrected chi connectivity index (χ4v) is 4.43. The maximum Gasteiger partial charge on any atom is 0.416 e. The largest absolute Gasteiger partial charge is 0.691 e. The molecule has 0 aliphatic carbocycles. The molecule has 6 nitrogen and oxygen atoms in total. The molecule has 0 aliphatic rings. The van der Waals surface area contributed by atoms with Crippen LogP contribution in [-0.2, 0) is 32.6 Å². The van der Waals surface area contributed by atoms with Gasteiger partial charge in [-0.25, -0.2) is 0 Å². The molecule has 2 aromatic carbocycles. The molecule has 0 aromatic heterocycles. The van der Waals surface area contributed by atoms with E-state index in [0.29, 0.717) is 35.0 Å². The Bertz CT molecular complexity index is 842. The van der Waals surface area contributed by atoms with Crippen molar-refractivity contribution in [1.82, 2.24) is 0 Å². The second-order valence-corrected chi connectivity index (χ2v) is 9.47. The Morgan fingerprint density at radius 3 is 1.82 bits per heavy atom. The lowest BCUT2D eigenvalue weighted by atomic mass is 10.1. The number of carbonyl (C=O) groups is 1. The van der Waals surface area contributed by atoms with Crippen molar-refractivity contribution in [2.24, 2.45) is 0 Å². The summed E-state index contributed by atoms with van der Waals surface area (Å²) in [6.07, 6.45) is -9.90. The third kappa shape index (κ3) is 11.1. The summed E-state index contributed by atoms with van der Waals surface area (Å²) in [5.74, 6) is 1.70. The fourth-order valence-electron chi connectivity index (χ4n) is 2.43. The molecule has 0 unspecified atom stereocenters. The van der Waals surface area contributed by atoms with E-state index in [0.717, 1.165) is 0 Å². The first-order chi connectivity index (χ1) is 15.9. The summed E-state index contributed by atoms with van der Waals surface area (Å²) < 4.78 is 77.8. The van der Waals surface area contributed by atoms with Gasteiger partial charge >= 0.3 is 12.4 Å². The zero-order chi connectivity index (χ0) is 25.8. The lowest BCUT2D eigenvalue weighted by Crippen LogP contribution is -2.25. The minimum absolute atomic E-state index is 0.0396. The van der Waals surface area contributed by atoms with E-state index in [1.807, 2.05) is 18.2 Å². The van der Waals surface area contributed by atoms with Gasteiger partial charge in [0, 0.05) is 21.4 Å². The molecule has 2 aromatic rings. The summed E-state index contributed by atoms with van der Waals surface area (Å²) in [7, 11) is -0.205. The first-order valence-corrected chi connectivity index (χ1v) is 11.8. The average molecular weight is 534 g/mol. The lowest BCUT2D eigenvalue weighted by Gasteiger charge is -2.13. The smallest absolute Gasteiger partial charge is 0.416 e. The van der Waals surface area contributed by atoms with Gasteiger partial charge in [0.2, 0.25) is 5.78 Å². The highest BCUT2D eigenvalue weighted by Gasteiger charge is 2.37. The molecule has 0 aliphatic heterocycles. The summed E-state index contributed by atoms with van der Waals surface area (Å²) in [4.78, 5) is 11.3. The first-order valence-electron chi connectivity index (χ1n) is 9.29. The number of carbonyl (C=O) groups excluding carboxylic acids is 1. The highest BCUT2D eigenvalue weighted by atomic mass is 32.2. The number of aliphatic hydroxyl groups excluding tert-OH is 2. The number of ketones is 1. The molecular formula is C20H20F6O6S2. The molecule has 0 bridgehead atoms. The maximum atomic E-state index is 12.3. The molecule has 0 saturated heterocycles. The highest BCUT2D eigenvalue weighted by molar-refractivity contribution is 7.97. The number of halogens is 6. The Balaban J connectivity index is 0.000000342. The lowest BCUT2D eigenvalue weighted by molar-refractivity contribution is -0.777. The van der Waals surface area contributed by atoms with Crippen LogP contribution >= 0.6 is 12.0 Å². The summed E-state index contributed by atoms with van der Waals surface area (Å²) in [6, 6.07) is 9.90. The van der Waals surface area contributed by atoms with Crippen LogP contribution in [-0.4, -0.2) is 46.5 Å². The Labute approximate surface area is 197 Å². The van der Waals surface area contributed by atoms with E-state index in [1.165, 1.54) is 0 Å². The molecule has 2 N–H and O–H groups in total. The van der Waals surface area contributed by atoms with Gasteiger partial charge in [-0.05, 0) is 18.2 Å². The zero-order valence-electron chi connectivity index (χ0n) is 17.3. The number of hydrogen-bond donors (Lipinski definition) is 2. The van der Waals surface area contributed by atoms with Gasteiger partial charge < -0.3 is 15.5 Å². The monoisotopic (exact) mass is 534 g/mol. The molecule has 0 heterocycles. The SMILES string of the molecule is O=C(C[S+](CCO)CCO)c1ccccc1.[O-]OOSc1cc(C(F)(F)F)cc(C(F)(F)F)c1. The second-order valence-electron chi connectivity index (χ2n) is 6.36. The molecule has 0 amide bonds. The average Bonchev–Trinajstić information content (AvgIpc) is 2.77. The predicted molar refractivity (Wildman–Crippen MR) is 111 cm³/mol. The van der Waals surface area contributed by atoms with Crippen molar-refractivity contribution in [1.29, 1.82) is 0 Å². The quantitative estimate of drug-likeness (QED) is 0.120. The molecule has 14 heteroatoms. The molecule has 0 saturated carbocycles. The molecule has 34 heavy (non-hydrogen) atoms. The van der Waals surface area contributed by atoms with Gasteiger partial charge in [-0.1, -0.05) is 30.3 Å². The van der Waals surface area contributed by atoms with Gasteiger partial charge in [0.1, 0.15) is 11.5 Å². The first kappa shape index (κ1) is 30.2. The molecule has 0 spiro atoms.